The zero-order valence-corrected chi connectivity index (χ0v) is 18.1. The number of hydrogen-bond acceptors (Lipinski definition) is 6. The summed E-state index contributed by atoms with van der Waals surface area (Å²) in [6.45, 7) is 3.82. The Hall–Kier alpha value is -3.03. The Morgan fingerprint density at radius 2 is 2.06 bits per heavy atom. The number of aromatic nitrogens is 3. The first kappa shape index (κ1) is 21.2. The fraction of sp³-hybridized carbons (Fsp3) is 0.304. The molecule has 2 aromatic heterocycles. The molecule has 1 aliphatic rings. The fourth-order valence-electron chi connectivity index (χ4n) is 3.36. The van der Waals surface area contributed by atoms with Crippen molar-refractivity contribution in [3.8, 4) is 11.1 Å². The normalized spacial score (nSPS) is 14.2. The number of hydrogen-bond donors (Lipinski definition) is 3. The molecule has 7 nitrogen and oxygen atoms in total. The van der Waals surface area contributed by atoms with Crippen LogP contribution in [0.2, 0.25) is 5.15 Å². The van der Waals surface area contributed by atoms with E-state index in [1.54, 1.807) is 12.3 Å². The zero-order chi connectivity index (χ0) is 22.0. The van der Waals surface area contributed by atoms with Crippen molar-refractivity contribution in [2.45, 2.75) is 38.6 Å². The molecule has 1 aromatic carbocycles. The van der Waals surface area contributed by atoms with Gasteiger partial charge in [-0.25, -0.2) is 4.98 Å². The molecule has 8 heteroatoms. The molecule has 160 valence electrons. The van der Waals surface area contributed by atoms with Crippen LogP contribution in [0.3, 0.4) is 0 Å². The van der Waals surface area contributed by atoms with E-state index in [0.717, 1.165) is 35.1 Å². The molecule has 3 aromatic rings. The lowest BCUT2D eigenvalue weighted by Gasteiger charge is -2.15. The first-order chi connectivity index (χ1) is 14.9. The molecule has 0 bridgehead atoms. The number of benzene rings is 1. The summed E-state index contributed by atoms with van der Waals surface area (Å²) in [4.78, 5) is 17.0. The van der Waals surface area contributed by atoms with Crippen LogP contribution in [0.5, 0.6) is 0 Å². The molecule has 1 fully saturated rings. The van der Waals surface area contributed by atoms with Gasteiger partial charge >= 0.3 is 0 Å². The van der Waals surface area contributed by atoms with E-state index in [0.29, 0.717) is 28.3 Å². The molecule has 31 heavy (non-hydrogen) atoms. The molecule has 0 aliphatic heterocycles. The molecule has 1 atom stereocenters. The van der Waals surface area contributed by atoms with E-state index in [2.05, 4.69) is 25.8 Å². The van der Waals surface area contributed by atoms with Crippen LogP contribution in [0, 0.1) is 6.92 Å². The first-order valence-electron chi connectivity index (χ1n) is 10.2. The van der Waals surface area contributed by atoms with Crippen LogP contribution in [0.25, 0.3) is 11.1 Å². The Kier molecular flexibility index (Phi) is 6.15. The number of rotatable bonds is 7. The van der Waals surface area contributed by atoms with E-state index in [4.69, 9.17) is 11.6 Å². The predicted octanol–water partition coefficient (Wildman–Crippen LogP) is 4.42. The first-order valence-corrected chi connectivity index (χ1v) is 10.6. The van der Waals surface area contributed by atoms with Gasteiger partial charge in [-0.15, -0.1) is 5.10 Å². The van der Waals surface area contributed by atoms with Crippen LogP contribution >= 0.6 is 11.6 Å². The molecular weight excluding hydrogens is 414 g/mol. The second-order valence-electron chi connectivity index (χ2n) is 7.92. The highest BCUT2D eigenvalue weighted by molar-refractivity contribution is 6.29. The number of pyridine rings is 1. The van der Waals surface area contributed by atoms with Crippen molar-refractivity contribution in [1.29, 1.82) is 0 Å². The monoisotopic (exact) mass is 437 g/mol. The van der Waals surface area contributed by atoms with Gasteiger partial charge in [0, 0.05) is 11.7 Å². The molecule has 2 heterocycles. The minimum atomic E-state index is -0.295. The number of aryl methyl sites for hydroxylation is 1. The number of aliphatic hydroxyl groups excluding tert-OH is 1. The summed E-state index contributed by atoms with van der Waals surface area (Å²) in [5.74, 6) is 0.780. The Bertz CT molecular complexity index is 1120. The average molecular weight is 438 g/mol. The molecule has 0 spiro atoms. The van der Waals surface area contributed by atoms with Crippen LogP contribution in [0.15, 0.2) is 42.6 Å². The van der Waals surface area contributed by atoms with Crippen molar-refractivity contribution in [3.05, 3.63) is 64.6 Å². The molecule has 1 amide bonds. The van der Waals surface area contributed by atoms with Gasteiger partial charge in [0.05, 0.1) is 12.8 Å². The van der Waals surface area contributed by atoms with Gasteiger partial charge in [0.25, 0.3) is 5.91 Å². The largest absolute Gasteiger partial charge is 0.394 e. The van der Waals surface area contributed by atoms with Crippen LogP contribution in [-0.4, -0.2) is 38.8 Å². The molecule has 1 aliphatic carbocycles. The van der Waals surface area contributed by atoms with E-state index in [9.17, 15) is 9.90 Å². The zero-order valence-electron chi connectivity index (χ0n) is 17.4. The van der Waals surface area contributed by atoms with Gasteiger partial charge in [-0.2, -0.15) is 5.10 Å². The second kappa shape index (κ2) is 8.99. The number of nitrogens with one attached hydrogen (secondary N) is 2. The minimum Gasteiger partial charge on any atom is -0.394 e. The number of carbonyl (C=O) groups excluding carboxylic acids is 1. The highest BCUT2D eigenvalue weighted by atomic mass is 35.5. The van der Waals surface area contributed by atoms with Gasteiger partial charge < -0.3 is 15.7 Å². The average Bonchev–Trinajstić information content (AvgIpc) is 3.60. The van der Waals surface area contributed by atoms with Gasteiger partial charge in [-0.05, 0) is 85.2 Å². The summed E-state index contributed by atoms with van der Waals surface area (Å²) >= 11 is 6.23. The third kappa shape index (κ3) is 5.18. The number of aliphatic hydroxyl groups is 1. The van der Waals surface area contributed by atoms with Crippen molar-refractivity contribution >= 4 is 29.0 Å². The molecule has 0 saturated heterocycles. The smallest absolute Gasteiger partial charge is 0.276 e. The topological polar surface area (TPSA) is 100 Å². The van der Waals surface area contributed by atoms with E-state index in [1.165, 1.54) is 0 Å². The Morgan fingerprint density at radius 1 is 1.26 bits per heavy atom. The lowest BCUT2D eigenvalue weighted by atomic mass is 10.0. The predicted molar refractivity (Wildman–Crippen MR) is 122 cm³/mol. The van der Waals surface area contributed by atoms with Gasteiger partial charge in [0.1, 0.15) is 11.0 Å². The second-order valence-corrected chi connectivity index (χ2v) is 8.31. The Labute approximate surface area is 185 Å². The number of anilines is 2. The van der Waals surface area contributed by atoms with Crippen molar-refractivity contribution in [2.75, 3.05) is 17.2 Å². The SMILES string of the molecule is Cc1ccc(NC(=O)c2cc(C3CC3)cnn2)cc1-c1cc(Cl)nc(N[C@H](C)CO)c1. The maximum absolute atomic E-state index is 12.7. The third-order valence-corrected chi connectivity index (χ3v) is 5.42. The molecule has 3 N–H and O–H groups in total. The van der Waals surface area contributed by atoms with Gasteiger partial charge in [-0.1, -0.05) is 17.7 Å². The Balaban J connectivity index is 1.59. The Morgan fingerprint density at radius 3 is 2.81 bits per heavy atom. The molecular formula is C23H24ClN5O2. The lowest BCUT2D eigenvalue weighted by molar-refractivity contribution is 0.102. The summed E-state index contributed by atoms with van der Waals surface area (Å²) in [5, 5.41) is 23.6. The van der Waals surface area contributed by atoms with Crippen molar-refractivity contribution in [3.63, 3.8) is 0 Å². The van der Waals surface area contributed by atoms with E-state index >= 15 is 0 Å². The minimum absolute atomic E-state index is 0.0189. The van der Waals surface area contributed by atoms with Crippen LogP contribution in [-0.2, 0) is 0 Å². The molecule has 0 unspecified atom stereocenters. The number of carbonyl (C=O) groups is 1. The standard InChI is InChI=1S/C23H24ClN5O2/c1-13-3-6-18(27-23(31)20-7-17(11-25-29-20)15-4-5-15)10-19(13)16-8-21(24)28-22(9-16)26-14(2)12-30/h3,6-11,14-15,30H,4-5,12H2,1-2H3,(H,26,28)(H,27,31)/t14-/m1/s1. The fourth-order valence-corrected chi connectivity index (χ4v) is 3.57. The van der Waals surface area contributed by atoms with Crippen LogP contribution < -0.4 is 10.6 Å². The summed E-state index contributed by atoms with van der Waals surface area (Å²) in [6, 6.07) is 11.0. The van der Waals surface area contributed by atoms with E-state index < -0.39 is 0 Å². The van der Waals surface area contributed by atoms with Gasteiger partial charge in [0.2, 0.25) is 0 Å². The molecule has 4 rings (SSSR count). The molecule has 0 radical (unpaired) electrons. The lowest BCUT2D eigenvalue weighted by Crippen LogP contribution is -2.20. The summed E-state index contributed by atoms with van der Waals surface area (Å²) in [5.41, 5.74) is 4.82. The number of nitrogens with zero attached hydrogens (tertiary/aromatic N) is 3. The van der Waals surface area contributed by atoms with Crippen molar-refractivity contribution in [2.24, 2.45) is 0 Å². The maximum atomic E-state index is 12.7. The third-order valence-electron chi connectivity index (χ3n) is 5.23. The summed E-state index contributed by atoms with van der Waals surface area (Å²) in [7, 11) is 0. The van der Waals surface area contributed by atoms with Crippen molar-refractivity contribution < 1.29 is 9.90 Å². The van der Waals surface area contributed by atoms with E-state index in [-0.39, 0.29) is 18.6 Å². The van der Waals surface area contributed by atoms with Crippen molar-refractivity contribution in [1.82, 2.24) is 15.2 Å². The van der Waals surface area contributed by atoms with Crippen LogP contribution in [0.4, 0.5) is 11.5 Å². The highest BCUT2D eigenvalue weighted by Crippen LogP contribution is 2.39. The number of amides is 1. The van der Waals surface area contributed by atoms with Gasteiger partial charge in [-0.3, -0.25) is 4.79 Å². The van der Waals surface area contributed by atoms with Crippen LogP contribution in [0.1, 0.15) is 47.3 Å². The summed E-state index contributed by atoms with van der Waals surface area (Å²) in [6.07, 6.45) is 4.00. The van der Waals surface area contributed by atoms with E-state index in [1.807, 2.05) is 44.2 Å². The molecule has 1 saturated carbocycles. The maximum Gasteiger partial charge on any atom is 0.276 e. The van der Waals surface area contributed by atoms with Gasteiger partial charge in [0.15, 0.2) is 5.69 Å². The highest BCUT2D eigenvalue weighted by Gasteiger charge is 2.25. The quantitative estimate of drug-likeness (QED) is 0.473. The number of halogens is 1. The summed E-state index contributed by atoms with van der Waals surface area (Å²) < 4.78 is 0.